The number of esters is 1. The highest BCUT2D eigenvalue weighted by molar-refractivity contribution is 6.23. The summed E-state index contributed by atoms with van der Waals surface area (Å²) < 4.78 is 5.33. The second-order valence-corrected chi connectivity index (χ2v) is 8.94. The molecule has 0 saturated carbocycles. The summed E-state index contributed by atoms with van der Waals surface area (Å²) in [5.74, 6) is -1.89. The molecule has 5 heteroatoms. The average molecular weight is 435 g/mol. The molecule has 4 aliphatic rings. The van der Waals surface area contributed by atoms with E-state index in [0.29, 0.717) is 5.69 Å². The molecule has 3 aromatic carbocycles. The average Bonchev–Trinajstić information content (AvgIpc) is 3.09. The highest BCUT2D eigenvalue weighted by Crippen LogP contribution is 2.61. The van der Waals surface area contributed by atoms with Crippen molar-refractivity contribution < 1.29 is 19.1 Å². The molecule has 5 nitrogen and oxygen atoms in total. The smallest absolute Gasteiger partial charge is 0.338 e. The van der Waals surface area contributed by atoms with Crippen molar-refractivity contribution in [2.45, 2.75) is 18.8 Å². The van der Waals surface area contributed by atoms with Crippen LogP contribution in [0.5, 0.6) is 5.75 Å². The molecule has 1 heterocycles. The van der Waals surface area contributed by atoms with E-state index in [2.05, 4.69) is 30.8 Å². The van der Waals surface area contributed by atoms with Gasteiger partial charge in [0, 0.05) is 23.5 Å². The van der Waals surface area contributed by atoms with E-state index in [9.17, 15) is 14.4 Å². The van der Waals surface area contributed by atoms with E-state index in [-0.39, 0.29) is 35.0 Å². The maximum Gasteiger partial charge on any atom is 0.338 e. The Balaban J connectivity index is 1.45. The standard InChI is InChI=1S/C28H21NO4/c1-15(2)28(32)33-17-9-7-8-16(14-17)29-26(30)24-22-18-10-3-4-11-19(18)23(25(24)27(29)31)21-13-6-5-12-20(21)22/h3-14,22-25H,1H2,2H3. The van der Waals surface area contributed by atoms with Gasteiger partial charge in [0.25, 0.3) is 0 Å². The summed E-state index contributed by atoms with van der Waals surface area (Å²) in [6.07, 6.45) is 0. The highest BCUT2D eigenvalue weighted by Gasteiger charge is 2.61. The molecule has 3 aromatic rings. The van der Waals surface area contributed by atoms with Crippen LogP contribution in [0, 0.1) is 11.8 Å². The number of ether oxygens (including phenoxy) is 1. The van der Waals surface area contributed by atoms with Crippen LogP contribution in [0.25, 0.3) is 0 Å². The molecule has 2 amide bonds. The monoisotopic (exact) mass is 435 g/mol. The molecule has 0 radical (unpaired) electrons. The lowest BCUT2D eigenvalue weighted by Crippen LogP contribution is -2.41. The zero-order chi connectivity index (χ0) is 22.9. The number of rotatable bonds is 3. The van der Waals surface area contributed by atoms with E-state index in [4.69, 9.17) is 4.74 Å². The maximum absolute atomic E-state index is 13.8. The molecule has 7 rings (SSSR count). The predicted octanol–water partition coefficient (Wildman–Crippen LogP) is 4.56. The molecular formula is C28H21NO4. The normalized spacial score (nSPS) is 24.2. The van der Waals surface area contributed by atoms with Gasteiger partial charge in [-0.05, 0) is 41.3 Å². The Kier molecular flexibility index (Phi) is 4.18. The molecule has 0 N–H and O–H groups in total. The molecule has 3 aliphatic carbocycles. The number of carbonyl (C=O) groups is 3. The van der Waals surface area contributed by atoms with Crippen LogP contribution in [0.15, 0.2) is 84.9 Å². The number of amides is 2. The molecule has 1 fully saturated rings. The van der Waals surface area contributed by atoms with E-state index in [0.717, 1.165) is 22.3 Å². The first kappa shape index (κ1) is 19.7. The lowest BCUT2D eigenvalue weighted by Gasteiger charge is -2.45. The van der Waals surface area contributed by atoms with Crippen LogP contribution in [0.3, 0.4) is 0 Å². The van der Waals surface area contributed by atoms with Gasteiger partial charge >= 0.3 is 5.97 Å². The molecule has 2 unspecified atom stereocenters. The van der Waals surface area contributed by atoms with Gasteiger partial charge in [-0.15, -0.1) is 0 Å². The first-order valence-corrected chi connectivity index (χ1v) is 11.0. The third kappa shape index (κ3) is 2.68. The van der Waals surface area contributed by atoms with Gasteiger partial charge in [-0.25, -0.2) is 9.69 Å². The topological polar surface area (TPSA) is 63.7 Å². The van der Waals surface area contributed by atoms with Crippen molar-refractivity contribution >= 4 is 23.5 Å². The minimum atomic E-state index is -0.552. The Morgan fingerprint density at radius 2 is 1.27 bits per heavy atom. The van der Waals surface area contributed by atoms with Gasteiger partial charge in [0.15, 0.2) is 0 Å². The second kappa shape index (κ2) is 7.01. The Morgan fingerprint density at radius 3 is 1.73 bits per heavy atom. The Hall–Kier alpha value is -3.99. The van der Waals surface area contributed by atoms with Gasteiger partial charge in [0.2, 0.25) is 11.8 Å². The number of hydrogen-bond acceptors (Lipinski definition) is 4. The van der Waals surface area contributed by atoms with Crippen LogP contribution in [0.1, 0.15) is 41.0 Å². The van der Waals surface area contributed by atoms with Crippen molar-refractivity contribution in [3.05, 3.63) is 107 Å². The number of nitrogens with zero attached hydrogens (tertiary/aromatic N) is 1. The van der Waals surface area contributed by atoms with Crippen LogP contribution in [-0.2, 0) is 14.4 Å². The van der Waals surface area contributed by atoms with E-state index in [1.165, 1.54) is 4.90 Å². The fourth-order valence-electron chi connectivity index (χ4n) is 5.81. The van der Waals surface area contributed by atoms with Gasteiger partial charge in [-0.3, -0.25) is 9.59 Å². The third-order valence-electron chi connectivity index (χ3n) is 7.08. The van der Waals surface area contributed by atoms with Gasteiger partial charge in [0.1, 0.15) is 5.75 Å². The largest absolute Gasteiger partial charge is 0.423 e. The predicted molar refractivity (Wildman–Crippen MR) is 123 cm³/mol. The van der Waals surface area contributed by atoms with E-state index in [1.54, 1.807) is 31.2 Å². The van der Waals surface area contributed by atoms with Crippen LogP contribution >= 0.6 is 0 Å². The molecule has 33 heavy (non-hydrogen) atoms. The summed E-state index contributed by atoms with van der Waals surface area (Å²) in [5.41, 5.74) is 5.22. The second-order valence-electron chi connectivity index (χ2n) is 8.94. The van der Waals surface area contributed by atoms with E-state index < -0.39 is 17.8 Å². The lowest BCUT2D eigenvalue weighted by atomic mass is 9.55. The summed E-state index contributed by atoms with van der Waals surface area (Å²) in [6, 6.07) is 22.9. The summed E-state index contributed by atoms with van der Waals surface area (Å²) in [6.45, 7) is 5.16. The maximum atomic E-state index is 13.8. The summed E-state index contributed by atoms with van der Waals surface area (Å²) in [5, 5.41) is 0. The Bertz CT molecular complexity index is 1260. The molecule has 1 saturated heterocycles. The van der Waals surface area contributed by atoms with Crippen molar-refractivity contribution in [2.24, 2.45) is 11.8 Å². The van der Waals surface area contributed by atoms with Crippen molar-refractivity contribution in [1.29, 1.82) is 0 Å². The Labute approximate surface area is 191 Å². The van der Waals surface area contributed by atoms with Crippen LogP contribution in [0.2, 0.25) is 0 Å². The van der Waals surface area contributed by atoms with Crippen molar-refractivity contribution in [2.75, 3.05) is 4.90 Å². The number of imide groups is 1. The minimum Gasteiger partial charge on any atom is -0.423 e. The minimum absolute atomic E-state index is 0.154. The van der Waals surface area contributed by atoms with E-state index in [1.807, 2.05) is 24.3 Å². The zero-order valence-electron chi connectivity index (χ0n) is 18.0. The fourth-order valence-corrected chi connectivity index (χ4v) is 5.81. The van der Waals surface area contributed by atoms with Crippen LogP contribution in [0.4, 0.5) is 5.69 Å². The van der Waals surface area contributed by atoms with Crippen LogP contribution < -0.4 is 9.64 Å². The highest BCUT2D eigenvalue weighted by atomic mass is 16.5. The summed E-state index contributed by atoms with van der Waals surface area (Å²) >= 11 is 0. The van der Waals surface area contributed by atoms with Gasteiger partial charge < -0.3 is 4.74 Å². The lowest BCUT2D eigenvalue weighted by molar-refractivity contribution is -0.130. The molecular weight excluding hydrogens is 414 g/mol. The number of carbonyl (C=O) groups excluding carboxylic acids is 3. The SMILES string of the molecule is C=C(C)C(=O)Oc1cccc(N2C(=O)C3C4c5ccccc5C(c5ccccc54)C3C2=O)c1. The number of benzene rings is 3. The van der Waals surface area contributed by atoms with Crippen molar-refractivity contribution in [3.8, 4) is 5.75 Å². The number of anilines is 1. The molecule has 2 bridgehead atoms. The molecule has 1 aliphatic heterocycles. The molecule has 2 atom stereocenters. The Morgan fingerprint density at radius 1 is 0.788 bits per heavy atom. The van der Waals surface area contributed by atoms with Crippen molar-refractivity contribution in [3.63, 3.8) is 0 Å². The molecule has 162 valence electrons. The van der Waals surface area contributed by atoms with Crippen molar-refractivity contribution in [1.82, 2.24) is 0 Å². The molecule has 0 spiro atoms. The van der Waals surface area contributed by atoms with Gasteiger partial charge in [-0.1, -0.05) is 61.2 Å². The summed E-state index contributed by atoms with van der Waals surface area (Å²) in [7, 11) is 0. The van der Waals surface area contributed by atoms with E-state index >= 15 is 0 Å². The molecule has 0 aromatic heterocycles. The first-order valence-electron chi connectivity index (χ1n) is 11.0. The zero-order valence-corrected chi connectivity index (χ0v) is 18.0. The van der Waals surface area contributed by atoms with Gasteiger partial charge in [-0.2, -0.15) is 0 Å². The summed E-state index contributed by atoms with van der Waals surface area (Å²) in [4.78, 5) is 40.8. The van der Waals surface area contributed by atoms with Gasteiger partial charge in [0.05, 0.1) is 17.5 Å². The first-order chi connectivity index (χ1) is 16.0. The fraction of sp³-hybridized carbons (Fsp3) is 0.179. The third-order valence-corrected chi connectivity index (χ3v) is 7.08. The van der Waals surface area contributed by atoms with Crippen LogP contribution in [-0.4, -0.2) is 17.8 Å². The quantitative estimate of drug-likeness (QED) is 0.262. The number of hydrogen-bond donors (Lipinski definition) is 0.